The summed E-state index contributed by atoms with van der Waals surface area (Å²) in [5.74, 6) is 1.10. The van der Waals surface area contributed by atoms with E-state index in [1.807, 2.05) is 36.3 Å². The maximum Gasteiger partial charge on any atom is 0.410 e. The number of anilines is 1. The zero-order chi connectivity index (χ0) is 30.7. The van der Waals surface area contributed by atoms with Crippen molar-refractivity contribution in [3.05, 3.63) is 24.0 Å². The predicted octanol–water partition coefficient (Wildman–Crippen LogP) is 6.04. The second-order valence-electron chi connectivity index (χ2n) is 15.3. The molecule has 4 rings (SSSR count). The van der Waals surface area contributed by atoms with E-state index in [4.69, 9.17) is 23.9 Å². The van der Waals surface area contributed by atoms with Gasteiger partial charge in [-0.2, -0.15) is 9.61 Å². The van der Waals surface area contributed by atoms with E-state index in [0.29, 0.717) is 26.7 Å². The van der Waals surface area contributed by atoms with Gasteiger partial charge in [0.05, 0.1) is 31.5 Å². The summed E-state index contributed by atoms with van der Waals surface area (Å²) in [6.45, 7) is 23.2. The first-order chi connectivity index (χ1) is 19.6. The summed E-state index contributed by atoms with van der Waals surface area (Å²) in [4.78, 5) is 22.2. The normalized spacial score (nSPS) is 21.5. The Bertz CT molecular complexity index is 1150. The van der Waals surface area contributed by atoms with Crippen molar-refractivity contribution >= 4 is 33.7 Å². The van der Waals surface area contributed by atoms with Crippen molar-refractivity contribution in [2.45, 2.75) is 109 Å². The number of morpholine rings is 1. The molecule has 42 heavy (non-hydrogen) atoms. The van der Waals surface area contributed by atoms with Gasteiger partial charge in [0.25, 0.3) is 0 Å². The lowest BCUT2D eigenvalue weighted by Crippen LogP contribution is -2.59. The van der Waals surface area contributed by atoms with Crippen LogP contribution >= 0.6 is 0 Å². The van der Waals surface area contributed by atoms with Gasteiger partial charge in [-0.1, -0.05) is 39.3 Å². The second kappa shape index (κ2) is 13.3. The quantitative estimate of drug-likeness (QED) is 0.161. The van der Waals surface area contributed by atoms with Crippen molar-refractivity contribution in [3.63, 3.8) is 0 Å². The fourth-order valence-electron chi connectivity index (χ4n) is 5.40. The lowest BCUT2D eigenvalue weighted by Gasteiger charge is -2.48. The number of carbonyl (C=O) groups excluding carboxylic acids is 1. The first kappa shape index (κ1) is 32.9. The average molecular weight is 620 g/mol. The second-order valence-corrected chi connectivity index (χ2v) is 26.5. The van der Waals surface area contributed by atoms with Crippen LogP contribution in [0.1, 0.15) is 45.2 Å². The maximum atomic E-state index is 13.1. The highest BCUT2D eigenvalue weighted by Gasteiger charge is 2.44. The molecule has 2 unspecified atom stereocenters. The van der Waals surface area contributed by atoms with Gasteiger partial charge in [-0.25, -0.2) is 9.78 Å². The van der Waals surface area contributed by atoms with Gasteiger partial charge in [0.2, 0.25) is 0 Å². The molecular formula is C30H53N5O5Si2. The van der Waals surface area contributed by atoms with Crippen LogP contribution in [0, 0.1) is 0 Å². The van der Waals surface area contributed by atoms with Crippen LogP contribution in [0.5, 0.6) is 0 Å². The molecule has 2 aromatic rings. The number of carbonyl (C=O) groups is 1. The highest BCUT2D eigenvalue weighted by Crippen LogP contribution is 2.39. The van der Waals surface area contributed by atoms with Crippen LogP contribution in [0.15, 0.2) is 18.3 Å². The molecule has 2 bridgehead atoms. The van der Waals surface area contributed by atoms with Crippen LogP contribution in [-0.2, 0) is 18.9 Å². The molecule has 0 aliphatic carbocycles. The molecule has 2 fully saturated rings. The van der Waals surface area contributed by atoms with Gasteiger partial charge in [0.15, 0.2) is 5.65 Å². The zero-order valence-corrected chi connectivity index (χ0v) is 29.3. The Kier molecular flexibility index (Phi) is 10.4. The summed E-state index contributed by atoms with van der Waals surface area (Å²) in [6.07, 6.45) is 3.08. The van der Waals surface area contributed by atoms with E-state index in [1.54, 1.807) is 6.20 Å². The van der Waals surface area contributed by atoms with Crippen molar-refractivity contribution in [2.75, 3.05) is 44.8 Å². The van der Waals surface area contributed by atoms with Gasteiger partial charge in [-0.15, -0.1) is 0 Å². The maximum absolute atomic E-state index is 13.1. The Morgan fingerprint density at radius 2 is 1.57 bits per heavy atom. The summed E-state index contributed by atoms with van der Waals surface area (Å²) in [5, 5.41) is 4.61. The molecule has 0 aromatic carbocycles. The molecule has 0 radical (unpaired) electrons. The number of amides is 1. The van der Waals surface area contributed by atoms with E-state index in [9.17, 15) is 4.79 Å². The molecular weight excluding hydrogens is 567 g/mol. The van der Waals surface area contributed by atoms with Crippen LogP contribution in [-0.4, -0.2) is 99.3 Å². The summed E-state index contributed by atoms with van der Waals surface area (Å²) in [7, 11) is -2.42. The molecule has 4 heterocycles. The van der Waals surface area contributed by atoms with Crippen molar-refractivity contribution in [1.82, 2.24) is 19.5 Å². The van der Waals surface area contributed by atoms with Crippen LogP contribution in [0.4, 0.5) is 10.6 Å². The van der Waals surface area contributed by atoms with Crippen molar-refractivity contribution in [2.24, 2.45) is 0 Å². The van der Waals surface area contributed by atoms with Gasteiger partial charge < -0.3 is 23.8 Å². The number of nitrogens with zero attached hydrogens (tertiary/aromatic N) is 5. The third-order valence-electron chi connectivity index (χ3n) is 7.71. The average Bonchev–Trinajstić information content (AvgIpc) is 3.33. The number of ether oxygens (including phenoxy) is 4. The molecule has 2 aromatic heterocycles. The van der Waals surface area contributed by atoms with Gasteiger partial charge in [0, 0.05) is 53.1 Å². The first-order valence-corrected chi connectivity index (χ1v) is 22.9. The monoisotopic (exact) mass is 619 g/mol. The minimum Gasteiger partial charge on any atom is -0.444 e. The lowest BCUT2D eigenvalue weighted by atomic mass is 9.83. The fourth-order valence-corrected chi connectivity index (χ4v) is 6.91. The largest absolute Gasteiger partial charge is 0.444 e. The van der Waals surface area contributed by atoms with Crippen LogP contribution in [0.25, 0.3) is 5.65 Å². The van der Waals surface area contributed by atoms with E-state index in [0.717, 1.165) is 55.3 Å². The van der Waals surface area contributed by atoms with Crippen molar-refractivity contribution < 1.29 is 23.7 Å². The smallest absolute Gasteiger partial charge is 0.410 e. The van der Waals surface area contributed by atoms with Crippen molar-refractivity contribution in [1.29, 1.82) is 0 Å². The molecule has 0 N–H and O–H groups in total. The van der Waals surface area contributed by atoms with Gasteiger partial charge in [-0.05, 0) is 45.7 Å². The van der Waals surface area contributed by atoms with Crippen LogP contribution < -0.4 is 4.90 Å². The molecule has 0 spiro atoms. The Balaban J connectivity index is 1.56. The van der Waals surface area contributed by atoms with Gasteiger partial charge in [0.1, 0.15) is 24.9 Å². The predicted molar refractivity (Wildman–Crippen MR) is 172 cm³/mol. The number of piperidine rings is 1. The summed E-state index contributed by atoms with van der Waals surface area (Å²) < 4.78 is 26.0. The first-order valence-electron chi connectivity index (χ1n) is 15.4. The molecule has 2 aliphatic heterocycles. The number of hydrogen-bond donors (Lipinski definition) is 0. The molecule has 2 saturated heterocycles. The molecule has 2 aliphatic rings. The van der Waals surface area contributed by atoms with Crippen LogP contribution in [0.3, 0.4) is 0 Å². The number of aromatic nitrogens is 3. The minimum absolute atomic E-state index is 0.0466. The Morgan fingerprint density at radius 3 is 2.10 bits per heavy atom. The summed E-state index contributed by atoms with van der Waals surface area (Å²) in [5.41, 5.74) is 1.27. The molecule has 0 saturated carbocycles. The molecule has 1 amide bonds. The van der Waals surface area contributed by atoms with E-state index >= 15 is 0 Å². The lowest BCUT2D eigenvalue weighted by molar-refractivity contribution is -0.0827. The third kappa shape index (κ3) is 9.25. The van der Waals surface area contributed by atoms with Gasteiger partial charge in [-0.3, -0.25) is 4.90 Å². The Morgan fingerprint density at radius 1 is 1.00 bits per heavy atom. The van der Waals surface area contributed by atoms with Crippen molar-refractivity contribution in [3.8, 4) is 0 Å². The molecule has 12 heteroatoms. The Hall–Kier alpha value is -2.00. The van der Waals surface area contributed by atoms with E-state index in [-0.39, 0.29) is 24.1 Å². The number of hydrogen-bond acceptors (Lipinski definition) is 8. The summed E-state index contributed by atoms with van der Waals surface area (Å²) >= 11 is 0. The SMILES string of the molecule is CC(C)(C)OC(=O)N1C2COCC1CC(c1cc(N(COCC[Si](C)(C)C)COCC[Si](C)(C)C)n3nccc3n1)C2. The molecule has 236 valence electrons. The van der Waals surface area contributed by atoms with Crippen LogP contribution in [0.2, 0.25) is 51.4 Å². The third-order valence-corrected chi connectivity index (χ3v) is 11.1. The topological polar surface area (TPSA) is 90.7 Å². The molecule has 10 nitrogen and oxygen atoms in total. The standard InChI is InChI=1S/C30H53N5O5Si2/c1-30(2,3)40-29(36)34-24-16-23(17-25(34)20-39-19-24)26-18-28(35-27(32-26)10-11-31-35)33(21-37-12-14-41(4,5)6)22-38-13-15-42(7,8)9/h10-11,18,23-25H,12-17,19-22H2,1-9H3. The Labute approximate surface area is 254 Å². The molecule has 2 atom stereocenters. The highest BCUT2D eigenvalue weighted by molar-refractivity contribution is 6.76. The highest BCUT2D eigenvalue weighted by atomic mass is 28.3. The fraction of sp³-hybridized carbons (Fsp3) is 0.767. The number of fused-ring (bicyclic) bond motifs is 3. The van der Waals surface area contributed by atoms with E-state index in [2.05, 4.69) is 55.3 Å². The summed E-state index contributed by atoms with van der Waals surface area (Å²) in [6, 6.07) is 6.22. The zero-order valence-electron chi connectivity index (χ0n) is 27.3. The number of rotatable bonds is 12. The van der Waals surface area contributed by atoms with Gasteiger partial charge >= 0.3 is 6.09 Å². The van der Waals surface area contributed by atoms with E-state index in [1.165, 1.54) is 0 Å². The minimum atomic E-state index is -1.21. The van der Waals surface area contributed by atoms with E-state index < -0.39 is 21.7 Å².